The van der Waals surface area contributed by atoms with Crippen LogP contribution in [0.3, 0.4) is 0 Å². The summed E-state index contributed by atoms with van der Waals surface area (Å²) in [6, 6.07) is 8.93. The Labute approximate surface area is 122 Å². The first-order valence-electron chi connectivity index (χ1n) is 7.43. The molecule has 0 atom stereocenters. The third kappa shape index (κ3) is 3.22. The molecule has 0 aliphatic carbocycles. The van der Waals surface area contributed by atoms with E-state index in [1.165, 1.54) is 16.5 Å². The summed E-state index contributed by atoms with van der Waals surface area (Å²) in [7, 11) is 4.25. The first-order chi connectivity index (χ1) is 9.44. The maximum absolute atomic E-state index is 3.66. The number of hydrogen-bond donors (Lipinski definition) is 1. The summed E-state index contributed by atoms with van der Waals surface area (Å²) in [5.41, 5.74) is 2.63. The van der Waals surface area contributed by atoms with Crippen LogP contribution in [0.5, 0.6) is 0 Å². The molecule has 1 heterocycles. The molecule has 1 aromatic carbocycles. The Morgan fingerprint density at radius 3 is 2.70 bits per heavy atom. The molecule has 0 aliphatic rings. The molecule has 0 aliphatic heterocycles. The van der Waals surface area contributed by atoms with Gasteiger partial charge in [-0.1, -0.05) is 13.0 Å². The van der Waals surface area contributed by atoms with Gasteiger partial charge in [-0.2, -0.15) is 0 Å². The van der Waals surface area contributed by atoms with Gasteiger partial charge in [0.15, 0.2) is 0 Å². The number of aromatic nitrogens is 1. The van der Waals surface area contributed by atoms with Gasteiger partial charge in [-0.25, -0.2) is 0 Å². The van der Waals surface area contributed by atoms with Crippen LogP contribution in [0.2, 0.25) is 0 Å². The van der Waals surface area contributed by atoms with E-state index in [-0.39, 0.29) is 5.54 Å². The van der Waals surface area contributed by atoms with Gasteiger partial charge in [0.25, 0.3) is 0 Å². The predicted octanol–water partition coefficient (Wildman–Crippen LogP) is 2.95. The third-order valence-corrected chi connectivity index (χ3v) is 4.21. The van der Waals surface area contributed by atoms with E-state index >= 15 is 0 Å². The molecular weight excluding hydrogens is 246 g/mol. The second-order valence-corrected chi connectivity index (χ2v) is 6.15. The van der Waals surface area contributed by atoms with Gasteiger partial charge in [0, 0.05) is 37.4 Å². The lowest BCUT2D eigenvalue weighted by Crippen LogP contribution is -2.40. The van der Waals surface area contributed by atoms with Crippen molar-refractivity contribution in [2.75, 3.05) is 26.7 Å². The van der Waals surface area contributed by atoms with Gasteiger partial charge in [-0.3, -0.25) is 0 Å². The molecule has 0 unspecified atom stereocenters. The Morgan fingerprint density at radius 2 is 2.00 bits per heavy atom. The van der Waals surface area contributed by atoms with Crippen LogP contribution in [0.25, 0.3) is 10.9 Å². The van der Waals surface area contributed by atoms with Gasteiger partial charge in [0.05, 0.1) is 0 Å². The number of nitrogens with one attached hydrogen (secondary N) is 1. The van der Waals surface area contributed by atoms with E-state index < -0.39 is 0 Å². The van der Waals surface area contributed by atoms with E-state index in [9.17, 15) is 0 Å². The first kappa shape index (κ1) is 15.1. The fourth-order valence-corrected chi connectivity index (χ4v) is 2.49. The van der Waals surface area contributed by atoms with Crippen LogP contribution in [-0.2, 0) is 12.6 Å². The molecule has 1 aromatic heterocycles. The van der Waals surface area contributed by atoms with Crippen molar-refractivity contribution < 1.29 is 0 Å². The molecule has 3 nitrogen and oxygen atoms in total. The van der Waals surface area contributed by atoms with Crippen molar-refractivity contribution in [3.8, 4) is 0 Å². The van der Waals surface area contributed by atoms with Crippen molar-refractivity contribution in [1.29, 1.82) is 0 Å². The summed E-state index contributed by atoms with van der Waals surface area (Å²) in [4.78, 5) is 2.32. The SMILES string of the molecule is CCN(C)CCNC(C)(C)c1ccc2c(ccn2C)c1. The minimum Gasteiger partial charge on any atom is -0.351 e. The normalized spacial score (nSPS) is 12.5. The molecule has 2 aromatic rings. The van der Waals surface area contributed by atoms with E-state index in [1.807, 2.05) is 0 Å². The highest BCUT2D eigenvalue weighted by molar-refractivity contribution is 5.81. The largest absolute Gasteiger partial charge is 0.351 e. The van der Waals surface area contributed by atoms with E-state index in [2.05, 4.69) is 80.1 Å². The minimum absolute atomic E-state index is 0.00138. The van der Waals surface area contributed by atoms with Crippen LogP contribution in [0.4, 0.5) is 0 Å². The molecule has 1 N–H and O–H groups in total. The maximum Gasteiger partial charge on any atom is 0.0477 e. The molecule has 20 heavy (non-hydrogen) atoms. The monoisotopic (exact) mass is 273 g/mol. The van der Waals surface area contributed by atoms with Crippen LogP contribution < -0.4 is 5.32 Å². The third-order valence-electron chi connectivity index (χ3n) is 4.21. The lowest BCUT2D eigenvalue weighted by Gasteiger charge is -2.28. The highest BCUT2D eigenvalue weighted by Crippen LogP contribution is 2.24. The van der Waals surface area contributed by atoms with Crippen molar-refractivity contribution in [1.82, 2.24) is 14.8 Å². The van der Waals surface area contributed by atoms with Crippen molar-refractivity contribution in [2.45, 2.75) is 26.3 Å². The minimum atomic E-state index is -0.00138. The molecule has 0 bridgehead atoms. The second-order valence-electron chi connectivity index (χ2n) is 6.15. The molecule has 0 saturated heterocycles. The molecule has 0 amide bonds. The van der Waals surface area contributed by atoms with Gasteiger partial charge >= 0.3 is 0 Å². The van der Waals surface area contributed by atoms with Crippen molar-refractivity contribution in [2.24, 2.45) is 7.05 Å². The number of likely N-dealkylation sites (N-methyl/N-ethyl adjacent to an activating group) is 1. The Bertz CT molecular complexity index is 569. The fourth-order valence-electron chi connectivity index (χ4n) is 2.49. The fraction of sp³-hybridized carbons (Fsp3) is 0.529. The van der Waals surface area contributed by atoms with Crippen LogP contribution >= 0.6 is 0 Å². The van der Waals surface area contributed by atoms with Crippen LogP contribution in [-0.4, -0.2) is 36.1 Å². The Kier molecular flexibility index (Phi) is 4.51. The molecule has 0 spiro atoms. The number of nitrogens with zero attached hydrogens (tertiary/aromatic N) is 2. The number of benzene rings is 1. The zero-order valence-electron chi connectivity index (χ0n) is 13.4. The van der Waals surface area contributed by atoms with E-state index in [0.29, 0.717) is 0 Å². The zero-order valence-corrected chi connectivity index (χ0v) is 13.4. The topological polar surface area (TPSA) is 20.2 Å². The van der Waals surface area contributed by atoms with Crippen molar-refractivity contribution >= 4 is 10.9 Å². The van der Waals surface area contributed by atoms with E-state index in [4.69, 9.17) is 0 Å². The summed E-state index contributed by atoms with van der Waals surface area (Å²) in [6.07, 6.45) is 2.12. The van der Waals surface area contributed by atoms with Gasteiger partial charge in [-0.15, -0.1) is 0 Å². The maximum atomic E-state index is 3.66. The highest BCUT2D eigenvalue weighted by Gasteiger charge is 2.20. The number of hydrogen-bond acceptors (Lipinski definition) is 2. The molecule has 110 valence electrons. The van der Waals surface area contributed by atoms with Gasteiger partial charge in [0.2, 0.25) is 0 Å². The predicted molar refractivity (Wildman–Crippen MR) is 87.1 cm³/mol. The quantitative estimate of drug-likeness (QED) is 0.873. The standard InChI is InChI=1S/C17H27N3/c1-6-19(4)12-10-18-17(2,3)15-7-8-16-14(13-15)9-11-20(16)5/h7-9,11,13,18H,6,10,12H2,1-5H3. The molecular formula is C17H27N3. The van der Waals surface area contributed by atoms with Crippen molar-refractivity contribution in [3.63, 3.8) is 0 Å². The first-order valence-corrected chi connectivity index (χ1v) is 7.43. The Morgan fingerprint density at radius 1 is 1.25 bits per heavy atom. The second kappa shape index (κ2) is 5.98. The Hall–Kier alpha value is -1.32. The smallest absolute Gasteiger partial charge is 0.0477 e. The summed E-state index contributed by atoms with van der Waals surface area (Å²) >= 11 is 0. The number of fused-ring (bicyclic) bond motifs is 1. The Balaban J connectivity index is 2.10. The molecule has 0 radical (unpaired) electrons. The lowest BCUT2D eigenvalue weighted by atomic mass is 9.93. The number of aryl methyl sites for hydroxylation is 1. The molecule has 3 heteroatoms. The molecule has 2 rings (SSSR count). The average molecular weight is 273 g/mol. The summed E-state index contributed by atoms with van der Waals surface area (Å²) in [5.74, 6) is 0. The summed E-state index contributed by atoms with van der Waals surface area (Å²) < 4.78 is 2.16. The molecule has 0 saturated carbocycles. The molecule has 0 fully saturated rings. The van der Waals surface area contributed by atoms with Crippen LogP contribution in [0.1, 0.15) is 26.3 Å². The van der Waals surface area contributed by atoms with Crippen LogP contribution in [0.15, 0.2) is 30.5 Å². The number of rotatable bonds is 6. The average Bonchev–Trinajstić information content (AvgIpc) is 2.79. The lowest BCUT2D eigenvalue weighted by molar-refractivity contribution is 0.315. The van der Waals surface area contributed by atoms with Gasteiger partial charge in [0.1, 0.15) is 0 Å². The highest BCUT2D eigenvalue weighted by atomic mass is 15.1. The van der Waals surface area contributed by atoms with Crippen molar-refractivity contribution in [3.05, 3.63) is 36.0 Å². The van der Waals surface area contributed by atoms with E-state index in [0.717, 1.165) is 19.6 Å². The van der Waals surface area contributed by atoms with E-state index in [1.54, 1.807) is 0 Å². The van der Waals surface area contributed by atoms with Gasteiger partial charge in [-0.05, 0) is 56.6 Å². The van der Waals surface area contributed by atoms with Gasteiger partial charge < -0.3 is 14.8 Å². The summed E-state index contributed by atoms with van der Waals surface area (Å²) in [6.45, 7) is 9.87. The summed E-state index contributed by atoms with van der Waals surface area (Å²) in [5, 5.41) is 4.97. The zero-order chi connectivity index (χ0) is 14.8. The van der Waals surface area contributed by atoms with Crippen LogP contribution in [0, 0.1) is 0 Å².